The van der Waals surface area contributed by atoms with Crippen LogP contribution in [0.2, 0.25) is 0 Å². The van der Waals surface area contributed by atoms with Crippen LogP contribution in [0.25, 0.3) is 33.3 Å². The minimum atomic E-state index is 0.588. The maximum Gasteiger partial charge on any atom is 0.112 e. The molecule has 2 aliphatic heterocycles. The maximum atomic E-state index is 5.54. The van der Waals surface area contributed by atoms with Crippen LogP contribution in [0.4, 0.5) is 5.69 Å². The lowest BCUT2D eigenvalue weighted by atomic mass is 9.85. The zero-order chi connectivity index (χ0) is 28.6. The molecule has 3 aromatic carbocycles. The fraction of sp³-hybridized carbons (Fsp3) is 0.472. The molecule has 0 amide bonds. The number of morpholine rings is 1. The van der Waals surface area contributed by atoms with Crippen LogP contribution in [-0.4, -0.2) is 77.9 Å². The summed E-state index contributed by atoms with van der Waals surface area (Å²) in [6.45, 7) is 13.7. The fourth-order valence-electron chi connectivity index (χ4n) is 6.89. The van der Waals surface area contributed by atoms with Gasteiger partial charge in [0.05, 0.1) is 24.2 Å². The number of nitrogens with zero attached hydrogens (tertiary/aromatic N) is 5. The summed E-state index contributed by atoms with van der Waals surface area (Å²) >= 11 is 0. The van der Waals surface area contributed by atoms with Gasteiger partial charge in [-0.25, -0.2) is 4.98 Å². The predicted octanol–water partition coefficient (Wildman–Crippen LogP) is 6.54. The van der Waals surface area contributed by atoms with Gasteiger partial charge in [-0.05, 0) is 73.2 Å². The second-order valence-electron chi connectivity index (χ2n) is 12.8. The van der Waals surface area contributed by atoms with E-state index in [1.165, 1.54) is 64.1 Å². The van der Waals surface area contributed by atoms with Gasteiger partial charge in [0, 0.05) is 76.1 Å². The molecule has 0 unspecified atom stereocenters. The minimum Gasteiger partial charge on any atom is -0.379 e. The van der Waals surface area contributed by atoms with Gasteiger partial charge >= 0.3 is 0 Å². The number of aryl methyl sites for hydroxylation is 1. The number of piperazine rings is 1. The van der Waals surface area contributed by atoms with Gasteiger partial charge in [-0.1, -0.05) is 42.8 Å². The number of benzene rings is 3. The van der Waals surface area contributed by atoms with Crippen molar-refractivity contribution in [3.8, 4) is 22.3 Å². The van der Waals surface area contributed by atoms with E-state index < -0.39 is 0 Å². The Morgan fingerprint density at radius 2 is 1.50 bits per heavy atom. The second-order valence-corrected chi connectivity index (χ2v) is 12.8. The van der Waals surface area contributed by atoms with Crippen molar-refractivity contribution >= 4 is 16.7 Å². The van der Waals surface area contributed by atoms with Gasteiger partial charge in [0.1, 0.15) is 5.82 Å². The quantitative estimate of drug-likeness (QED) is 0.255. The summed E-state index contributed by atoms with van der Waals surface area (Å²) in [5, 5.41) is 0. The van der Waals surface area contributed by atoms with Crippen LogP contribution in [0, 0.1) is 0 Å². The molecule has 1 saturated carbocycles. The van der Waals surface area contributed by atoms with E-state index in [0.29, 0.717) is 12.0 Å². The van der Waals surface area contributed by atoms with Gasteiger partial charge in [-0.15, -0.1) is 0 Å². The summed E-state index contributed by atoms with van der Waals surface area (Å²) in [6, 6.07) is 23.8. The van der Waals surface area contributed by atoms with Gasteiger partial charge in [0.15, 0.2) is 0 Å². The molecule has 1 aliphatic carbocycles. The Bertz CT molecular complexity index is 1510. The standard InChI is InChI=1S/C36H45N5O/c1-26(2)40-15-17-41(18-16-40)32-13-11-28(12-14-32)31-23-33(35-34(24-31)38(3)36(37-35)30-5-4-6-30)29-9-7-27(8-10-29)25-39-19-21-42-22-20-39/h7-14,23-24,26,30H,4-6,15-22,25H2,1-3H3. The number of anilines is 1. The Morgan fingerprint density at radius 1 is 0.810 bits per heavy atom. The largest absolute Gasteiger partial charge is 0.379 e. The van der Waals surface area contributed by atoms with Crippen molar-refractivity contribution in [2.45, 2.75) is 51.6 Å². The molecule has 6 nitrogen and oxygen atoms in total. The van der Waals surface area contributed by atoms with Crippen molar-refractivity contribution in [3.63, 3.8) is 0 Å². The highest BCUT2D eigenvalue weighted by Crippen LogP contribution is 2.40. The predicted molar refractivity (Wildman–Crippen MR) is 173 cm³/mol. The van der Waals surface area contributed by atoms with E-state index in [1.807, 2.05) is 0 Å². The molecule has 0 N–H and O–H groups in total. The number of aromatic nitrogens is 2. The number of hydrogen-bond acceptors (Lipinski definition) is 5. The van der Waals surface area contributed by atoms with Crippen LogP contribution >= 0.6 is 0 Å². The fourth-order valence-corrected chi connectivity index (χ4v) is 6.89. The van der Waals surface area contributed by atoms with Crippen LogP contribution < -0.4 is 4.90 Å². The van der Waals surface area contributed by atoms with Crippen molar-refractivity contribution in [2.24, 2.45) is 7.05 Å². The van der Waals surface area contributed by atoms with Crippen molar-refractivity contribution < 1.29 is 4.74 Å². The van der Waals surface area contributed by atoms with E-state index in [9.17, 15) is 0 Å². The van der Waals surface area contributed by atoms with Crippen molar-refractivity contribution in [2.75, 3.05) is 57.4 Å². The minimum absolute atomic E-state index is 0.588. The first-order chi connectivity index (χ1) is 20.5. The molecule has 220 valence electrons. The summed E-state index contributed by atoms with van der Waals surface area (Å²) in [4.78, 5) is 12.9. The average Bonchev–Trinajstić information content (AvgIpc) is 3.32. The van der Waals surface area contributed by atoms with Gasteiger partial charge in [-0.2, -0.15) is 0 Å². The van der Waals surface area contributed by atoms with Crippen LogP contribution in [0.5, 0.6) is 0 Å². The maximum absolute atomic E-state index is 5.54. The third kappa shape index (κ3) is 5.48. The first-order valence-corrected chi connectivity index (χ1v) is 16.0. The smallest absolute Gasteiger partial charge is 0.112 e. The number of fused-ring (bicyclic) bond motifs is 1. The molecule has 3 fully saturated rings. The van der Waals surface area contributed by atoms with Crippen molar-refractivity contribution in [3.05, 3.63) is 72.1 Å². The van der Waals surface area contributed by atoms with Crippen LogP contribution in [0.3, 0.4) is 0 Å². The SMILES string of the molecule is CC(C)N1CCN(c2ccc(-c3cc(-c4ccc(CN5CCOCC5)cc4)c4nc(C5CCC5)n(C)c4c3)cc2)CC1. The molecule has 0 radical (unpaired) electrons. The molecular weight excluding hydrogens is 518 g/mol. The molecule has 0 spiro atoms. The lowest BCUT2D eigenvalue weighted by Gasteiger charge is -2.38. The number of imidazole rings is 1. The van der Waals surface area contributed by atoms with Gasteiger partial charge in [0.25, 0.3) is 0 Å². The molecule has 2 saturated heterocycles. The van der Waals surface area contributed by atoms with Crippen LogP contribution in [-0.2, 0) is 18.3 Å². The molecule has 1 aromatic heterocycles. The first kappa shape index (κ1) is 27.6. The van der Waals surface area contributed by atoms with Crippen molar-refractivity contribution in [1.82, 2.24) is 19.4 Å². The summed E-state index contributed by atoms with van der Waals surface area (Å²) in [6.07, 6.45) is 3.82. The Kier molecular flexibility index (Phi) is 7.78. The molecule has 7 rings (SSSR count). The molecule has 6 heteroatoms. The van der Waals surface area contributed by atoms with Crippen molar-refractivity contribution in [1.29, 1.82) is 0 Å². The van der Waals surface area contributed by atoms with E-state index in [0.717, 1.165) is 64.5 Å². The summed E-state index contributed by atoms with van der Waals surface area (Å²) < 4.78 is 7.90. The van der Waals surface area contributed by atoms with E-state index in [-0.39, 0.29) is 0 Å². The normalized spacial score (nSPS) is 19.1. The first-order valence-electron chi connectivity index (χ1n) is 16.0. The van der Waals surface area contributed by atoms with E-state index in [4.69, 9.17) is 9.72 Å². The second kappa shape index (κ2) is 11.8. The number of ether oxygens (including phenoxy) is 1. The topological polar surface area (TPSA) is 36.8 Å². The number of rotatable bonds is 7. The van der Waals surface area contributed by atoms with E-state index in [2.05, 4.69) is 101 Å². The van der Waals surface area contributed by atoms with E-state index in [1.54, 1.807) is 0 Å². The molecular formula is C36H45N5O. The molecule has 42 heavy (non-hydrogen) atoms. The lowest BCUT2D eigenvalue weighted by molar-refractivity contribution is 0.0342. The van der Waals surface area contributed by atoms with Gasteiger partial charge in [-0.3, -0.25) is 9.80 Å². The Morgan fingerprint density at radius 3 is 2.14 bits per heavy atom. The third-order valence-corrected chi connectivity index (χ3v) is 9.88. The molecule has 4 aromatic rings. The lowest BCUT2D eigenvalue weighted by Crippen LogP contribution is -2.48. The monoisotopic (exact) mass is 563 g/mol. The molecule has 3 aliphatic rings. The third-order valence-electron chi connectivity index (χ3n) is 9.88. The zero-order valence-electron chi connectivity index (χ0n) is 25.6. The van der Waals surface area contributed by atoms with Crippen LogP contribution in [0.15, 0.2) is 60.7 Å². The highest BCUT2D eigenvalue weighted by atomic mass is 16.5. The Balaban J connectivity index is 1.20. The summed E-state index contributed by atoms with van der Waals surface area (Å²) in [5.41, 5.74) is 10.0. The van der Waals surface area contributed by atoms with Gasteiger partial charge < -0.3 is 14.2 Å². The Labute approximate surface area is 250 Å². The van der Waals surface area contributed by atoms with E-state index >= 15 is 0 Å². The highest BCUT2D eigenvalue weighted by molar-refractivity contribution is 5.96. The van der Waals surface area contributed by atoms with Crippen LogP contribution in [0.1, 0.15) is 50.4 Å². The summed E-state index contributed by atoms with van der Waals surface area (Å²) in [5.74, 6) is 1.83. The number of hydrogen-bond donors (Lipinski definition) is 0. The summed E-state index contributed by atoms with van der Waals surface area (Å²) in [7, 11) is 2.21. The Hall–Kier alpha value is -3.19. The zero-order valence-corrected chi connectivity index (χ0v) is 25.6. The molecule has 0 bridgehead atoms. The molecule has 0 atom stereocenters. The molecule has 3 heterocycles. The highest BCUT2D eigenvalue weighted by Gasteiger charge is 2.26. The van der Waals surface area contributed by atoms with Gasteiger partial charge in [0.2, 0.25) is 0 Å². The average molecular weight is 564 g/mol.